The molecule has 0 radical (unpaired) electrons. The van der Waals surface area contributed by atoms with E-state index in [2.05, 4.69) is 14.9 Å². The molecule has 5 heteroatoms. The Bertz CT molecular complexity index is 315. The molecule has 1 atom stereocenters. The summed E-state index contributed by atoms with van der Waals surface area (Å²) in [5, 5.41) is 0. The molecule has 1 fully saturated rings. The second-order valence-electron chi connectivity index (χ2n) is 3.27. The first-order valence-electron chi connectivity index (χ1n) is 4.69. The number of hydrogen-bond acceptors (Lipinski definition) is 5. The zero-order valence-electron chi connectivity index (χ0n) is 8.18. The normalized spacial score (nSPS) is 20.4. The van der Waals surface area contributed by atoms with Gasteiger partial charge < -0.3 is 15.4 Å². The fourth-order valence-electron chi connectivity index (χ4n) is 1.53. The predicted octanol–water partition coefficient (Wildman–Crippen LogP) is 0.0226. The Morgan fingerprint density at radius 2 is 2.57 bits per heavy atom. The van der Waals surface area contributed by atoms with Gasteiger partial charge in [-0.05, 0) is 6.42 Å². The zero-order chi connectivity index (χ0) is 9.97. The Morgan fingerprint density at radius 1 is 1.71 bits per heavy atom. The highest BCUT2D eigenvalue weighted by Gasteiger charge is 2.28. The van der Waals surface area contributed by atoms with E-state index in [0.717, 1.165) is 13.0 Å². The lowest BCUT2D eigenvalue weighted by atomic mass is 10.0. The van der Waals surface area contributed by atoms with Gasteiger partial charge in [0.15, 0.2) is 0 Å². The minimum atomic E-state index is 0.391. The number of ether oxygens (including phenoxy) is 1. The van der Waals surface area contributed by atoms with Crippen molar-refractivity contribution < 1.29 is 4.74 Å². The topological polar surface area (TPSA) is 64.3 Å². The molecular formula is C9H14N4O. The third kappa shape index (κ3) is 1.50. The van der Waals surface area contributed by atoms with Crippen LogP contribution in [0.5, 0.6) is 5.88 Å². The highest BCUT2D eigenvalue weighted by Crippen LogP contribution is 2.23. The van der Waals surface area contributed by atoms with Gasteiger partial charge in [-0.1, -0.05) is 0 Å². The van der Waals surface area contributed by atoms with Crippen molar-refractivity contribution >= 4 is 5.95 Å². The largest absolute Gasteiger partial charge is 0.481 e. The Morgan fingerprint density at radius 3 is 3.14 bits per heavy atom. The van der Waals surface area contributed by atoms with Gasteiger partial charge >= 0.3 is 0 Å². The van der Waals surface area contributed by atoms with Crippen molar-refractivity contribution in [1.29, 1.82) is 0 Å². The summed E-state index contributed by atoms with van der Waals surface area (Å²) >= 11 is 0. The standard InChI is InChI=1S/C9H14N4O/c1-14-8-2-4-11-9(12-8)13-5-3-7(13)6-10/h2,4,7H,3,5-6,10H2,1H3. The van der Waals surface area contributed by atoms with E-state index in [1.807, 2.05) is 0 Å². The fourth-order valence-corrected chi connectivity index (χ4v) is 1.53. The van der Waals surface area contributed by atoms with Gasteiger partial charge in [-0.25, -0.2) is 4.98 Å². The van der Waals surface area contributed by atoms with Crippen LogP contribution in [0.3, 0.4) is 0 Å². The quantitative estimate of drug-likeness (QED) is 0.735. The van der Waals surface area contributed by atoms with Crippen molar-refractivity contribution in [1.82, 2.24) is 9.97 Å². The summed E-state index contributed by atoms with van der Waals surface area (Å²) in [6.45, 7) is 1.63. The number of methoxy groups -OCH3 is 1. The summed E-state index contributed by atoms with van der Waals surface area (Å²) < 4.78 is 5.03. The first kappa shape index (κ1) is 9.21. The van der Waals surface area contributed by atoms with Gasteiger partial charge in [-0.15, -0.1) is 0 Å². The second-order valence-corrected chi connectivity index (χ2v) is 3.27. The highest BCUT2D eigenvalue weighted by molar-refractivity contribution is 5.37. The lowest BCUT2D eigenvalue weighted by Gasteiger charge is -2.40. The number of aromatic nitrogens is 2. The van der Waals surface area contributed by atoms with Crippen LogP contribution in [0.25, 0.3) is 0 Å². The van der Waals surface area contributed by atoms with Gasteiger partial charge in [0.2, 0.25) is 11.8 Å². The van der Waals surface area contributed by atoms with Crippen LogP contribution in [0.15, 0.2) is 12.3 Å². The van der Waals surface area contributed by atoms with Gasteiger partial charge in [0.1, 0.15) is 0 Å². The van der Waals surface area contributed by atoms with E-state index in [9.17, 15) is 0 Å². The maximum Gasteiger partial charge on any atom is 0.228 e. The van der Waals surface area contributed by atoms with E-state index in [1.54, 1.807) is 19.4 Å². The Kier molecular flexibility index (Phi) is 2.49. The number of rotatable bonds is 3. The molecule has 0 saturated carbocycles. The predicted molar refractivity (Wildman–Crippen MR) is 53.4 cm³/mol. The first-order valence-corrected chi connectivity index (χ1v) is 4.69. The minimum Gasteiger partial charge on any atom is -0.481 e. The molecule has 2 rings (SSSR count). The van der Waals surface area contributed by atoms with Crippen LogP contribution < -0.4 is 15.4 Å². The molecule has 2 heterocycles. The number of nitrogens with zero attached hydrogens (tertiary/aromatic N) is 3. The molecule has 0 bridgehead atoms. The van der Waals surface area contributed by atoms with Gasteiger partial charge in [0, 0.05) is 31.4 Å². The molecule has 5 nitrogen and oxygen atoms in total. The van der Waals surface area contributed by atoms with E-state index in [4.69, 9.17) is 10.5 Å². The lowest BCUT2D eigenvalue weighted by Crippen LogP contribution is -2.52. The molecule has 2 N–H and O–H groups in total. The van der Waals surface area contributed by atoms with Gasteiger partial charge in [0.25, 0.3) is 0 Å². The van der Waals surface area contributed by atoms with E-state index in [0.29, 0.717) is 24.4 Å². The molecule has 1 saturated heterocycles. The number of anilines is 1. The van der Waals surface area contributed by atoms with Crippen LogP contribution in [-0.4, -0.2) is 36.2 Å². The first-order chi connectivity index (χ1) is 6.85. The Labute approximate surface area is 82.9 Å². The maximum atomic E-state index is 5.60. The summed E-state index contributed by atoms with van der Waals surface area (Å²) in [6, 6.07) is 2.13. The van der Waals surface area contributed by atoms with Gasteiger partial charge in [-0.3, -0.25) is 0 Å². The molecule has 0 amide bonds. The van der Waals surface area contributed by atoms with Crippen LogP contribution >= 0.6 is 0 Å². The average molecular weight is 194 g/mol. The third-order valence-corrected chi connectivity index (χ3v) is 2.50. The molecule has 1 aliphatic rings. The summed E-state index contributed by atoms with van der Waals surface area (Å²) in [7, 11) is 1.60. The Balaban J connectivity index is 2.15. The molecule has 1 aromatic rings. The van der Waals surface area contributed by atoms with Crippen LogP contribution in [0.1, 0.15) is 6.42 Å². The lowest BCUT2D eigenvalue weighted by molar-refractivity contribution is 0.391. The molecule has 1 aliphatic heterocycles. The summed E-state index contributed by atoms with van der Waals surface area (Å²) in [5.41, 5.74) is 5.60. The van der Waals surface area contributed by atoms with Crippen molar-refractivity contribution in [3.8, 4) is 5.88 Å². The van der Waals surface area contributed by atoms with E-state index >= 15 is 0 Å². The van der Waals surface area contributed by atoms with Gasteiger partial charge in [-0.2, -0.15) is 4.98 Å². The van der Waals surface area contributed by atoms with Crippen LogP contribution in [0.2, 0.25) is 0 Å². The van der Waals surface area contributed by atoms with Crippen molar-refractivity contribution in [2.24, 2.45) is 5.73 Å². The molecule has 0 aromatic carbocycles. The average Bonchev–Trinajstić information content (AvgIpc) is 2.17. The summed E-state index contributed by atoms with van der Waals surface area (Å²) in [6.07, 6.45) is 2.82. The zero-order valence-corrected chi connectivity index (χ0v) is 8.18. The molecule has 1 aromatic heterocycles. The summed E-state index contributed by atoms with van der Waals surface area (Å²) in [5.74, 6) is 1.31. The SMILES string of the molecule is COc1ccnc(N2CCC2CN)n1. The maximum absolute atomic E-state index is 5.60. The van der Waals surface area contributed by atoms with Crippen molar-refractivity contribution in [2.45, 2.75) is 12.5 Å². The number of nitrogens with two attached hydrogens (primary N) is 1. The van der Waals surface area contributed by atoms with Crippen molar-refractivity contribution in [3.05, 3.63) is 12.3 Å². The molecule has 0 aliphatic carbocycles. The molecular weight excluding hydrogens is 180 g/mol. The molecule has 1 unspecified atom stereocenters. The van der Waals surface area contributed by atoms with E-state index in [-0.39, 0.29) is 0 Å². The summed E-state index contributed by atoms with van der Waals surface area (Å²) in [4.78, 5) is 10.5. The second kappa shape index (κ2) is 3.79. The van der Waals surface area contributed by atoms with E-state index in [1.165, 1.54) is 0 Å². The van der Waals surface area contributed by atoms with Crippen LogP contribution in [-0.2, 0) is 0 Å². The van der Waals surface area contributed by atoms with E-state index < -0.39 is 0 Å². The smallest absolute Gasteiger partial charge is 0.228 e. The molecule has 0 spiro atoms. The monoisotopic (exact) mass is 194 g/mol. The third-order valence-electron chi connectivity index (χ3n) is 2.50. The highest BCUT2D eigenvalue weighted by atomic mass is 16.5. The van der Waals surface area contributed by atoms with Crippen molar-refractivity contribution in [2.75, 3.05) is 25.1 Å². The van der Waals surface area contributed by atoms with Gasteiger partial charge in [0.05, 0.1) is 7.11 Å². The Hall–Kier alpha value is -1.36. The molecule has 76 valence electrons. The van der Waals surface area contributed by atoms with Crippen molar-refractivity contribution in [3.63, 3.8) is 0 Å². The number of hydrogen-bond donors (Lipinski definition) is 1. The van der Waals surface area contributed by atoms with Crippen LogP contribution in [0, 0.1) is 0 Å². The fraction of sp³-hybridized carbons (Fsp3) is 0.556. The minimum absolute atomic E-state index is 0.391. The molecule has 14 heavy (non-hydrogen) atoms. The van der Waals surface area contributed by atoms with Crippen LogP contribution in [0.4, 0.5) is 5.95 Å².